The smallest absolute Gasteiger partial charge is 0.444 e. The number of hydrogen-bond donors (Lipinski definition) is 2. The lowest BCUT2D eigenvalue weighted by Gasteiger charge is -2.56. The zero-order valence-electron chi connectivity index (χ0n) is 24.7. The van der Waals surface area contributed by atoms with Gasteiger partial charge in [-0.3, -0.25) is 14.4 Å². The number of unbranched alkanes of at least 4 members (excludes halogenated alkanes) is 1. The van der Waals surface area contributed by atoms with Gasteiger partial charge >= 0.3 is 12.2 Å². The molecule has 3 saturated carbocycles. The summed E-state index contributed by atoms with van der Waals surface area (Å²) in [6, 6.07) is 0. The van der Waals surface area contributed by atoms with Crippen LogP contribution in [0, 0.1) is 28.6 Å². The average molecular weight is 574 g/mol. The third-order valence-corrected chi connectivity index (χ3v) is 9.65. The van der Waals surface area contributed by atoms with Crippen LogP contribution in [0.1, 0.15) is 79.6 Å². The molecule has 0 saturated heterocycles. The first-order valence-electron chi connectivity index (χ1n) is 14.6. The maximum atomic E-state index is 13.7. The van der Waals surface area contributed by atoms with E-state index >= 15 is 0 Å². The molecule has 41 heavy (non-hydrogen) atoms. The molecule has 2 N–H and O–H groups in total. The van der Waals surface area contributed by atoms with E-state index in [0.29, 0.717) is 32.2 Å². The number of Topliss-reactive ketones (excluding diaryl/α,β-unsaturated/α-hetero) is 2. The Kier molecular flexibility index (Phi) is 8.56. The fraction of sp³-hybridized carbons (Fsp3) is 0.710. The highest BCUT2D eigenvalue weighted by atomic mass is 16.7. The monoisotopic (exact) mass is 573 g/mol. The summed E-state index contributed by atoms with van der Waals surface area (Å²) in [6.45, 7) is 8.89. The predicted octanol–water partition coefficient (Wildman–Crippen LogP) is 4.23. The number of allylic oxidation sites excluding steroid dienone is 4. The Balaban J connectivity index is 1.28. The van der Waals surface area contributed by atoms with Gasteiger partial charge < -0.3 is 24.6 Å². The molecule has 226 valence electrons. The molecule has 3 fully saturated rings. The topological polar surface area (TPSA) is 145 Å². The number of ether oxygens (including phenoxy) is 3. The fourth-order valence-corrected chi connectivity index (χ4v) is 7.66. The number of ketones is 3. The largest absolute Gasteiger partial charge is 0.508 e. The molecule has 0 unspecified atom stereocenters. The second-order valence-corrected chi connectivity index (χ2v) is 13.4. The highest BCUT2D eigenvalue weighted by Crippen LogP contribution is 2.66. The molecule has 0 bridgehead atoms. The van der Waals surface area contributed by atoms with Crippen molar-refractivity contribution in [3.63, 3.8) is 0 Å². The molecule has 4 aliphatic carbocycles. The highest BCUT2D eigenvalue weighted by molar-refractivity contribution is 6.02. The first kappa shape index (κ1) is 30.9. The van der Waals surface area contributed by atoms with E-state index in [2.05, 4.69) is 5.32 Å². The van der Waals surface area contributed by atoms with Crippen LogP contribution in [0.15, 0.2) is 23.8 Å². The van der Waals surface area contributed by atoms with E-state index in [1.807, 2.05) is 19.9 Å². The number of aliphatic hydroxyl groups is 1. The van der Waals surface area contributed by atoms with Crippen molar-refractivity contribution in [2.75, 3.05) is 19.8 Å². The maximum absolute atomic E-state index is 13.7. The van der Waals surface area contributed by atoms with Crippen LogP contribution in [0.2, 0.25) is 0 Å². The van der Waals surface area contributed by atoms with E-state index in [4.69, 9.17) is 14.2 Å². The lowest BCUT2D eigenvalue weighted by Crippen LogP contribution is -2.60. The standard InChI is InChI=1S/C31H43NO9/c1-28(2,3)41-26(36)32-14-6-7-15-39-27(37)40-18-24(35)31(38)13-11-22-21-9-8-19-16-20(33)10-12-29(19,4)25(21)23(34)17-30(22,31)5/h10,12,16,21-22,25,38H,6-9,11,13-15,17-18H2,1-5H3,(H,32,36)/t21-,22-,25+,29-,30-,31-/m0/s1. The van der Waals surface area contributed by atoms with Gasteiger partial charge in [-0.05, 0) is 83.3 Å². The number of rotatable bonds is 8. The summed E-state index contributed by atoms with van der Waals surface area (Å²) in [5, 5.41) is 14.3. The zero-order chi connectivity index (χ0) is 30.2. The van der Waals surface area contributed by atoms with Crippen molar-refractivity contribution in [1.82, 2.24) is 5.32 Å². The molecule has 10 heteroatoms. The minimum atomic E-state index is -1.79. The number of amides is 1. The molecule has 0 aromatic carbocycles. The minimum Gasteiger partial charge on any atom is -0.444 e. The molecule has 6 atom stereocenters. The Morgan fingerprint density at radius 3 is 2.54 bits per heavy atom. The van der Waals surface area contributed by atoms with Gasteiger partial charge in [0.1, 0.15) is 17.0 Å². The Hall–Kier alpha value is -3.01. The molecule has 0 radical (unpaired) electrons. The molecule has 4 rings (SSSR count). The Morgan fingerprint density at radius 1 is 1.10 bits per heavy atom. The first-order valence-corrected chi connectivity index (χ1v) is 14.6. The van der Waals surface area contributed by atoms with Gasteiger partial charge in [-0.15, -0.1) is 0 Å². The van der Waals surface area contributed by atoms with Gasteiger partial charge in [0, 0.05) is 29.7 Å². The number of fused-ring (bicyclic) bond motifs is 5. The number of hydrogen-bond acceptors (Lipinski definition) is 9. The molecule has 4 aliphatic rings. The first-order chi connectivity index (χ1) is 19.1. The molecular formula is C31H43NO9. The van der Waals surface area contributed by atoms with Crippen LogP contribution in [0.3, 0.4) is 0 Å². The van der Waals surface area contributed by atoms with Gasteiger partial charge in [-0.2, -0.15) is 0 Å². The van der Waals surface area contributed by atoms with E-state index in [1.165, 1.54) is 0 Å². The maximum Gasteiger partial charge on any atom is 0.508 e. The van der Waals surface area contributed by atoms with Crippen LogP contribution >= 0.6 is 0 Å². The molecule has 0 aromatic heterocycles. The second kappa shape index (κ2) is 11.3. The van der Waals surface area contributed by atoms with Crippen molar-refractivity contribution in [1.29, 1.82) is 0 Å². The van der Waals surface area contributed by atoms with E-state index in [9.17, 15) is 29.1 Å². The van der Waals surface area contributed by atoms with Crippen LogP contribution in [0.5, 0.6) is 0 Å². The fourth-order valence-electron chi connectivity index (χ4n) is 7.66. The van der Waals surface area contributed by atoms with E-state index in [-0.39, 0.29) is 48.8 Å². The molecule has 1 amide bonds. The lowest BCUT2D eigenvalue weighted by molar-refractivity contribution is -0.169. The zero-order valence-corrected chi connectivity index (χ0v) is 24.7. The number of nitrogens with one attached hydrogen (secondary N) is 1. The summed E-state index contributed by atoms with van der Waals surface area (Å²) < 4.78 is 15.2. The second-order valence-electron chi connectivity index (χ2n) is 13.4. The SMILES string of the molecule is CC(C)(C)OC(=O)NCCCCOC(=O)OCC(=O)[C@@]1(O)CC[C@H]2[C@@H]3CCC4=CC(=O)C=C[C@]4(C)[C@H]3C(=O)C[C@@]21C. The summed E-state index contributed by atoms with van der Waals surface area (Å²) in [5.74, 6) is -1.05. The van der Waals surface area contributed by atoms with Crippen molar-refractivity contribution in [3.8, 4) is 0 Å². The summed E-state index contributed by atoms with van der Waals surface area (Å²) in [7, 11) is 0. The van der Waals surface area contributed by atoms with Gasteiger partial charge in [0.25, 0.3) is 0 Å². The summed E-state index contributed by atoms with van der Waals surface area (Å²) >= 11 is 0. The summed E-state index contributed by atoms with van der Waals surface area (Å²) in [5.41, 5.74) is -2.89. The number of carbonyl (C=O) groups excluding carboxylic acids is 5. The van der Waals surface area contributed by atoms with Crippen LogP contribution in [-0.2, 0) is 28.6 Å². The quantitative estimate of drug-likeness (QED) is 0.322. The molecule has 10 nitrogen and oxygen atoms in total. The predicted molar refractivity (Wildman–Crippen MR) is 148 cm³/mol. The van der Waals surface area contributed by atoms with Crippen LogP contribution in [0.4, 0.5) is 9.59 Å². The molecule has 0 heterocycles. The van der Waals surface area contributed by atoms with Crippen LogP contribution in [0.25, 0.3) is 0 Å². The normalized spacial score (nSPS) is 34.1. The van der Waals surface area contributed by atoms with Crippen molar-refractivity contribution in [2.45, 2.75) is 90.8 Å². The number of alkyl carbamates (subject to hydrolysis) is 1. The molecule has 0 aromatic rings. The Morgan fingerprint density at radius 2 is 1.83 bits per heavy atom. The summed E-state index contributed by atoms with van der Waals surface area (Å²) in [6.07, 6.45) is 6.80. The van der Waals surface area contributed by atoms with Crippen molar-refractivity contribution in [3.05, 3.63) is 23.8 Å². The van der Waals surface area contributed by atoms with Gasteiger partial charge in [0.05, 0.1) is 6.61 Å². The molecule has 0 spiro atoms. The number of carbonyl (C=O) groups is 5. The van der Waals surface area contributed by atoms with Gasteiger partial charge in [0.15, 0.2) is 12.4 Å². The lowest BCUT2D eigenvalue weighted by atomic mass is 9.46. The van der Waals surface area contributed by atoms with Crippen molar-refractivity contribution in [2.24, 2.45) is 28.6 Å². The van der Waals surface area contributed by atoms with Gasteiger partial charge in [0.2, 0.25) is 5.78 Å². The Labute approximate surface area is 241 Å². The molecule has 0 aliphatic heterocycles. The van der Waals surface area contributed by atoms with Crippen LogP contribution in [-0.4, -0.2) is 65.7 Å². The molecular weight excluding hydrogens is 530 g/mol. The minimum absolute atomic E-state index is 0.00420. The van der Waals surface area contributed by atoms with E-state index < -0.39 is 46.7 Å². The van der Waals surface area contributed by atoms with Gasteiger partial charge in [-0.25, -0.2) is 9.59 Å². The van der Waals surface area contributed by atoms with E-state index in [1.54, 1.807) is 32.9 Å². The summed E-state index contributed by atoms with van der Waals surface area (Å²) in [4.78, 5) is 62.7. The van der Waals surface area contributed by atoms with E-state index in [0.717, 1.165) is 12.0 Å². The van der Waals surface area contributed by atoms with Gasteiger partial charge in [-0.1, -0.05) is 25.5 Å². The van der Waals surface area contributed by atoms with Crippen molar-refractivity contribution < 1.29 is 43.3 Å². The van der Waals surface area contributed by atoms with Crippen LogP contribution < -0.4 is 5.32 Å². The van der Waals surface area contributed by atoms with Crippen molar-refractivity contribution >= 4 is 29.6 Å². The average Bonchev–Trinajstić information content (AvgIpc) is 3.14. The highest BCUT2D eigenvalue weighted by Gasteiger charge is 2.68. The third-order valence-electron chi connectivity index (χ3n) is 9.65. The Bertz CT molecular complexity index is 1170. The third kappa shape index (κ3) is 5.98.